The number of allylic oxidation sites excluding steroid dienone is 2. The van der Waals surface area contributed by atoms with E-state index in [-0.39, 0.29) is 29.2 Å². The van der Waals surface area contributed by atoms with Crippen LogP contribution in [0.15, 0.2) is 53.0 Å². The maximum absolute atomic E-state index is 12.8. The number of carbonyl (C=O) groups is 4. The van der Waals surface area contributed by atoms with Crippen LogP contribution in [-0.2, 0) is 19.1 Å². The number of fused-ring (bicyclic) bond motifs is 1. The first-order valence-corrected chi connectivity index (χ1v) is 11.5. The number of nitrogens with zero attached hydrogens (tertiary/aromatic N) is 1. The maximum atomic E-state index is 12.8. The monoisotopic (exact) mass is 530 g/mol. The molecule has 2 aromatic rings. The minimum atomic E-state index is -0.740. The number of benzene rings is 2. The molecule has 0 saturated carbocycles. The van der Waals surface area contributed by atoms with E-state index in [4.69, 9.17) is 16.3 Å². The zero-order valence-corrected chi connectivity index (χ0v) is 20.0. The van der Waals surface area contributed by atoms with Crippen LogP contribution in [0.3, 0.4) is 0 Å². The molecule has 0 aromatic heterocycles. The highest BCUT2D eigenvalue weighted by molar-refractivity contribution is 9.10. The zero-order valence-electron chi connectivity index (χ0n) is 17.6. The van der Waals surface area contributed by atoms with Gasteiger partial charge in [-0.15, -0.1) is 0 Å². The van der Waals surface area contributed by atoms with E-state index in [1.807, 2.05) is 12.2 Å². The third-order valence-electron chi connectivity index (χ3n) is 5.72. The summed E-state index contributed by atoms with van der Waals surface area (Å²) in [6.45, 7) is 1.30. The lowest BCUT2D eigenvalue weighted by Gasteiger charge is -2.15. The van der Waals surface area contributed by atoms with Crippen LogP contribution in [0.5, 0.6) is 0 Å². The van der Waals surface area contributed by atoms with Crippen LogP contribution in [0, 0.1) is 18.8 Å². The summed E-state index contributed by atoms with van der Waals surface area (Å²) in [5.74, 6) is -2.52. The van der Waals surface area contributed by atoms with Crippen LogP contribution in [0.1, 0.15) is 28.8 Å². The number of ether oxygens (including phenoxy) is 1. The summed E-state index contributed by atoms with van der Waals surface area (Å²) >= 11 is 9.38. The van der Waals surface area contributed by atoms with Crippen molar-refractivity contribution in [3.05, 3.63) is 69.2 Å². The van der Waals surface area contributed by atoms with Gasteiger partial charge in [0.1, 0.15) is 0 Å². The van der Waals surface area contributed by atoms with E-state index >= 15 is 0 Å². The predicted octanol–water partition coefficient (Wildman–Crippen LogP) is 4.66. The molecule has 0 radical (unpaired) electrons. The first-order valence-electron chi connectivity index (χ1n) is 10.3. The number of amides is 3. The van der Waals surface area contributed by atoms with Crippen LogP contribution in [0.25, 0.3) is 0 Å². The van der Waals surface area contributed by atoms with Gasteiger partial charge in [0.15, 0.2) is 6.61 Å². The molecule has 0 unspecified atom stereocenters. The van der Waals surface area contributed by atoms with Gasteiger partial charge in [-0.1, -0.05) is 29.8 Å². The summed E-state index contributed by atoms with van der Waals surface area (Å²) in [5, 5.41) is 3.09. The van der Waals surface area contributed by atoms with Crippen molar-refractivity contribution in [2.75, 3.05) is 16.8 Å². The third kappa shape index (κ3) is 4.72. The van der Waals surface area contributed by atoms with E-state index < -0.39 is 18.5 Å². The molecule has 1 N–H and O–H groups in total. The topological polar surface area (TPSA) is 92.8 Å². The van der Waals surface area contributed by atoms with Gasteiger partial charge in [0, 0.05) is 10.2 Å². The molecule has 0 spiro atoms. The summed E-state index contributed by atoms with van der Waals surface area (Å²) in [7, 11) is 0. The Balaban J connectivity index is 1.41. The molecule has 1 aliphatic carbocycles. The second-order valence-electron chi connectivity index (χ2n) is 7.92. The van der Waals surface area contributed by atoms with E-state index in [0.29, 0.717) is 33.7 Å². The highest BCUT2D eigenvalue weighted by Gasteiger charge is 2.47. The SMILES string of the molecule is Cc1cc(Br)c(Cl)cc1NC(=O)COC(=O)c1cccc(N2C(=O)[C@H]3CC=CC[C@@H]3C2=O)c1. The lowest BCUT2D eigenvalue weighted by atomic mass is 9.85. The van der Waals surface area contributed by atoms with Crippen LogP contribution >= 0.6 is 27.5 Å². The molecule has 2 aromatic carbocycles. The number of anilines is 2. The Kier molecular flexibility index (Phi) is 6.67. The van der Waals surface area contributed by atoms with Crippen molar-refractivity contribution >= 4 is 62.6 Å². The average Bonchev–Trinajstić information content (AvgIpc) is 3.06. The molecule has 9 heteroatoms. The molecule has 2 aliphatic rings. The molecule has 7 nitrogen and oxygen atoms in total. The molecule has 33 heavy (non-hydrogen) atoms. The Morgan fingerprint density at radius 3 is 2.45 bits per heavy atom. The minimum Gasteiger partial charge on any atom is -0.452 e. The summed E-state index contributed by atoms with van der Waals surface area (Å²) in [6.07, 6.45) is 4.90. The molecule has 1 saturated heterocycles. The minimum absolute atomic E-state index is 0.136. The number of halogens is 2. The molecule has 2 atom stereocenters. The first-order chi connectivity index (χ1) is 15.8. The zero-order chi connectivity index (χ0) is 23.7. The highest BCUT2D eigenvalue weighted by atomic mass is 79.9. The van der Waals surface area contributed by atoms with Crippen molar-refractivity contribution < 1.29 is 23.9 Å². The van der Waals surface area contributed by atoms with E-state index in [9.17, 15) is 19.2 Å². The third-order valence-corrected chi connectivity index (χ3v) is 6.92. The summed E-state index contributed by atoms with van der Waals surface area (Å²) in [4.78, 5) is 51.5. The summed E-state index contributed by atoms with van der Waals surface area (Å²) < 4.78 is 5.84. The number of rotatable bonds is 5. The number of nitrogens with one attached hydrogen (secondary N) is 1. The highest BCUT2D eigenvalue weighted by Crippen LogP contribution is 2.37. The van der Waals surface area contributed by atoms with Crippen molar-refractivity contribution in [2.45, 2.75) is 19.8 Å². The molecule has 170 valence electrons. The van der Waals surface area contributed by atoms with Crippen LogP contribution < -0.4 is 10.2 Å². The van der Waals surface area contributed by atoms with Gasteiger partial charge in [-0.05, 0) is 71.6 Å². The number of hydrogen-bond acceptors (Lipinski definition) is 5. The first kappa shape index (κ1) is 23.2. The summed E-state index contributed by atoms with van der Waals surface area (Å²) in [5.41, 5.74) is 1.75. The van der Waals surface area contributed by atoms with Gasteiger partial charge in [0.25, 0.3) is 5.91 Å². The van der Waals surface area contributed by atoms with Crippen molar-refractivity contribution in [3.8, 4) is 0 Å². The van der Waals surface area contributed by atoms with Crippen molar-refractivity contribution in [1.82, 2.24) is 0 Å². The molecule has 1 fully saturated rings. The molecular formula is C24H20BrClN2O5. The fourth-order valence-corrected chi connectivity index (χ4v) is 4.63. The van der Waals surface area contributed by atoms with Gasteiger partial charge < -0.3 is 10.1 Å². The smallest absolute Gasteiger partial charge is 0.338 e. The van der Waals surface area contributed by atoms with Gasteiger partial charge in [-0.2, -0.15) is 0 Å². The Hall–Kier alpha value is -2.97. The normalized spacial score (nSPS) is 19.4. The quantitative estimate of drug-likeness (QED) is 0.344. The largest absolute Gasteiger partial charge is 0.452 e. The average molecular weight is 532 g/mol. The Labute approximate surface area is 203 Å². The fraction of sp³-hybridized carbons (Fsp3) is 0.250. The lowest BCUT2D eigenvalue weighted by molar-refractivity contribution is -0.122. The Morgan fingerprint density at radius 1 is 1.12 bits per heavy atom. The van der Waals surface area contributed by atoms with Gasteiger partial charge in [0.2, 0.25) is 11.8 Å². The van der Waals surface area contributed by atoms with Crippen molar-refractivity contribution in [1.29, 1.82) is 0 Å². The maximum Gasteiger partial charge on any atom is 0.338 e. The molecule has 0 bridgehead atoms. The second kappa shape index (κ2) is 9.49. The summed E-state index contributed by atoms with van der Waals surface area (Å²) in [6, 6.07) is 9.47. The number of esters is 1. The standard InChI is InChI=1S/C24H20BrClN2O5/c1-13-9-18(25)19(26)11-20(13)27-21(29)12-33-24(32)14-5-4-6-15(10-14)28-22(30)16-7-2-3-8-17(16)23(28)31/h2-6,9-11,16-17H,7-8,12H2,1H3,(H,27,29)/t16-,17-/m0/s1. The fourth-order valence-electron chi connectivity index (χ4n) is 4.01. The van der Waals surface area contributed by atoms with Gasteiger partial charge in [-0.3, -0.25) is 19.3 Å². The van der Waals surface area contributed by atoms with Gasteiger partial charge in [-0.25, -0.2) is 4.79 Å². The molecule has 1 aliphatic heterocycles. The Morgan fingerprint density at radius 2 is 1.79 bits per heavy atom. The van der Waals surface area contributed by atoms with E-state index in [1.165, 1.54) is 12.1 Å². The number of hydrogen-bond donors (Lipinski definition) is 1. The number of aryl methyl sites for hydroxylation is 1. The van der Waals surface area contributed by atoms with Crippen molar-refractivity contribution in [2.24, 2.45) is 11.8 Å². The van der Waals surface area contributed by atoms with Crippen LogP contribution in [0.4, 0.5) is 11.4 Å². The second-order valence-corrected chi connectivity index (χ2v) is 9.19. The molecule has 3 amide bonds. The predicted molar refractivity (Wildman–Crippen MR) is 127 cm³/mol. The van der Waals surface area contributed by atoms with Crippen LogP contribution in [0.2, 0.25) is 5.02 Å². The van der Waals surface area contributed by atoms with E-state index in [2.05, 4.69) is 21.2 Å². The van der Waals surface area contributed by atoms with E-state index in [0.717, 1.165) is 10.5 Å². The number of carbonyl (C=O) groups excluding carboxylic acids is 4. The van der Waals surface area contributed by atoms with Crippen molar-refractivity contribution in [3.63, 3.8) is 0 Å². The molecule has 1 heterocycles. The van der Waals surface area contributed by atoms with Gasteiger partial charge in [0.05, 0.1) is 28.1 Å². The lowest BCUT2D eigenvalue weighted by Crippen LogP contribution is -2.31. The van der Waals surface area contributed by atoms with Gasteiger partial charge >= 0.3 is 5.97 Å². The molecular weight excluding hydrogens is 512 g/mol. The Bertz CT molecular complexity index is 1170. The number of imide groups is 1. The molecule has 4 rings (SSSR count). The van der Waals surface area contributed by atoms with E-state index in [1.54, 1.807) is 31.2 Å². The van der Waals surface area contributed by atoms with Crippen LogP contribution in [-0.4, -0.2) is 30.3 Å².